The molecule has 1 heterocycles. The van der Waals surface area contributed by atoms with Crippen molar-refractivity contribution in [2.24, 2.45) is 11.3 Å². The van der Waals surface area contributed by atoms with Crippen LogP contribution in [-0.4, -0.2) is 54.0 Å². The predicted molar refractivity (Wildman–Crippen MR) is 120 cm³/mol. The summed E-state index contributed by atoms with van der Waals surface area (Å²) in [7, 11) is 0. The molecule has 0 radical (unpaired) electrons. The normalized spacial score (nSPS) is 16.8. The molecule has 0 bridgehead atoms. The molecular weight excluding hydrogens is 412 g/mol. The first-order valence-electron chi connectivity index (χ1n) is 10.9. The smallest absolute Gasteiger partial charge is 0.410 e. The van der Waals surface area contributed by atoms with Crippen LogP contribution in [0.5, 0.6) is 0 Å². The maximum absolute atomic E-state index is 12.5. The van der Waals surface area contributed by atoms with E-state index in [-0.39, 0.29) is 24.8 Å². The third-order valence-corrected chi connectivity index (χ3v) is 4.90. The summed E-state index contributed by atoms with van der Waals surface area (Å²) in [6, 6.07) is 6.44. The van der Waals surface area contributed by atoms with Gasteiger partial charge in [0.2, 0.25) is 5.91 Å². The van der Waals surface area contributed by atoms with Crippen molar-refractivity contribution in [2.75, 3.05) is 25.0 Å². The third-order valence-electron chi connectivity index (χ3n) is 4.90. The Hall–Kier alpha value is -2.90. The summed E-state index contributed by atoms with van der Waals surface area (Å²) in [5, 5.41) is 2.79. The molecule has 0 aliphatic carbocycles. The molecule has 0 aromatic heterocycles. The lowest BCUT2D eigenvalue weighted by molar-refractivity contribution is -0.149. The van der Waals surface area contributed by atoms with Gasteiger partial charge in [0, 0.05) is 29.8 Å². The van der Waals surface area contributed by atoms with Crippen LogP contribution >= 0.6 is 0 Å². The molecule has 32 heavy (non-hydrogen) atoms. The van der Waals surface area contributed by atoms with Gasteiger partial charge in [-0.15, -0.1) is 0 Å². The summed E-state index contributed by atoms with van der Waals surface area (Å²) in [5.74, 6) is -1.45. The Balaban J connectivity index is 1.86. The molecule has 8 heteroatoms. The van der Waals surface area contributed by atoms with Crippen molar-refractivity contribution in [3.8, 4) is 0 Å². The van der Waals surface area contributed by atoms with Gasteiger partial charge in [-0.25, -0.2) is 4.79 Å². The number of piperidine rings is 1. The van der Waals surface area contributed by atoms with Gasteiger partial charge in [-0.1, -0.05) is 20.8 Å². The fourth-order valence-electron chi connectivity index (χ4n) is 3.06. The number of nitrogens with one attached hydrogen (secondary N) is 1. The topological polar surface area (TPSA) is 102 Å². The first kappa shape index (κ1) is 25.4. The Morgan fingerprint density at radius 3 is 2.22 bits per heavy atom. The number of carbonyl (C=O) groups is 4. The van der Waals surface area contributed by atoms with Gasteiger partial charge in [0.25, 0.3) is 0 Å². The summed E-state index contributed by atoms with van der Waals surface area (Å²) < 4.78 is 10.6. The van der Waals surface area contributed by atoms with Crippen LogP contribution in [0.3, 0.4) is 0 Å². The average molecular weight is 447 g/mol. The van der Waals surface area contributed by atoms with Crippen LogP contribution < -0.4 is 5.32 Å². The van der Waals surface area contributed by atoms with Gasteiger partial charge in [-0.2, -0.15) is 0 Å². The number of hydrogen-bond acceptors (Lipinski definition) is 6. The molecule has 1 saturated heterocycles. The van der Waals surface area contributed by atoms with Gasteiger partial charge in [-0.3, -0.25) is 14.4 Å². The number of Topliss-reactive ketones (excluding diaryl/α,β-unsaturated/α-hetero) is 1. The summed E-state index contributed by atoms with van der Waals surface area (Å²) >= 11 is 0. The molecule has 8 nitrogen and oxygen atoms in total. The third kappa shape index (κ3) is 7.66. The van der Waals surface area contributed by atoms with Crippen molar-refractivity contribution in [2.45, 2.75) is 60.0 Å². The monoisotopic (exact) mass is 446 g/mol. The molecule has 1 unspecified atom stereocenters. The second-order valence-corrected chi connectivity index (χ2v) is 10.1. The Labute approximate surface area is 189 Å². The van der Waals surface area contributed by atoms with Gasteiger partial charge < -0.3 is 19.7 Å². The largest absolute Gasteiger partial charge is 0.457 e. The highest BCUT2D eigenvalue weighted by atomic mass is 16.6. The van der Waals surface area contributed by atoms with Gasteiger partial charge in [0.1, 0.15) is 5.60 Å². The molecule has 176 valence electrons. The van der Waals surface area contributed by atoms with E-state index in [0.717, 1.165) is 0 Å². The lowest BCUT2D eigenvalue weighted by Gasteiger charge is -2.33. The first-order chi connectivity index (χ1) is 14.8. The molecule has 2 rings (SSSR count). The lowest BCUT2D eigenvalue weighted by atomic mass is 9.95. The van der Waals surface area contributed by atoms with Gasteiger partial charge in [0.15, 0.2) is 12.4 Å². The zero-order chi connectivity index (χ0) is 24.1. The number of benzene rings is 1. The van der Waals surface area contributed by atoms with Crippen molar-refractivity contribution in [1.29, 1.82) is 0 Å². The number of likely N-dealkylation sites (tertiary alicyclic amines) is 1. The molecule has 1 N–H and O–H groups in total. The summed E-state index contributed by atoms with van der Waals surface area (Å²) in [5.41, 5.74) is -0.170. The van der Waals surface area contributed by atoms with E-state index in [1.54, 1.807) is 45.0 Å². The summed E-state index contributed by atoms with van der Waals surface area (Å²) in [4.78, 5) is 50.7. The SMILES string of the molecule is CC(C)(C)OC(=O)N1CCCC(C(=O)OCC(=O)c2ccc(NC(=O)C(C)(C)C)cc2)C1. The van der Waals surface area contributed by atoms with Crippen molar-refractivity contribution in [1.82, 2.24) is 4.90 Å². The maximum Gasteiger partial charge on any atom is 0.410 e. The van der Waals surface area contributed by atoms with Crippen molar-refractivity contribution in [3.63, 3.8) is 0 Å². The lowest BCUT2D eigenvalue weighted by Crippen LogP contribution is -2.45. The molecule has 2 amide bonds. The van der Waals surface area contributed by atoms with Gasteiger partial charge >= 0.3 is 12.1 Å². The zero-order valence-electron chi connectivity index (χ0n) is 19.8. The second kappa shape index (κ2) is 10.1. The maximum atomic E-state index is 12.5. The second-order valence-electron chi connectivity index (χ2n) is 10.1. The highest BCUT2D eigenvalue weighted by Crippen LogP contribution is 2.21. The van der Waals surface area contributed by atoms with E-state index in [1.807, 2.05) is 20.8 Å². The van der Waals surface area contributed by atoms with E-state index in [9.17, 15) is 19.2 Å². The Bertz CT molecular complexity index is 849. The zero-order valence-corrected chi connectivity index (χ0v) is 19.8. The summed E-state index contributed by atoms with van der Waals surface area (Å²) in [6.45, 7) is 11.2. The molecule has 1 atom stereocenters. The first-order valence-corrected chi connectivity index (χ1v) is 10.9. The van der Waals surface area contributed by atoms with Crippen molar-refractivity contribution in [3.05, 3.63) is 29.8 Å². The number of hydrogen-bond donors (Lipinski definition) is 1. The minimum absolute atomic E-state index is 0.126. The molecule has 1 aliphatic rings. The van der Waals surface area contributed by atoms with Crippen LogP contribution in [0.1, 0.15) is 64.7 Å². The average Bonchev–Trinajstić information content (AvgIpc) is 2.70. The number of nitrogens with zero attached hydrogens (tertiary/aromatic N) is 1. The van der Waals surface area contributed by atoms with Crippen LogP contribution in [0.15, 0.2) is 24.3 Å². The minimum Gasteiger partial charge on any atom is -0.457 e. The number of amides is 2. The van der Waals surface area contributed by atoms with Crippen LogP contribution in [0.25, 0.3) is 0 Å². The Morgan fingerprint density at radius 1 is 1.03 bits per heavy atom. The Morgan fingerprint density at radius 2 is 1.66 bits per heavy atom. The predicted octanol–water partition coefficient (Wildman–Crippen LogP) is 4.04. The van der Waals surface area contributed by atoms with Crippen LogP contribution in [-0.2, 0) is 19.1 Å². The van der Waals surface area contributed by atoms with E-state index >= 15 is 0 Å². The molecule has 1 aromatic rings. The van der Waals surface area contributed by atoms with E-state index in [2.05, 4.69) is 5.32 Å². The van der Waals surface area contributed by atoms with Gasteiger partial charge in [0.05, 0.1) is 5.92 Å². The van der Waals surface area contributed by atoms with Gasteiger partial charge in [-0.05, 0) is 57.9 Å². The molecule has 0 saturated carbocycles. The highest BCUT2D eigenvalue weighted by Gasteiger charge is 2.32. The summed E-state index contributed by atoms with van der Waals surface area (Å²) in [6.07, 6.45) is 0.799. The van der Waals surface area contributed by atoms with E-state index < -0.39 is 29.0 Å². The number of ketones is 1. The molecule has 1 aromatic carbocycles. The number of carbonyl (C=O) groups excluding carboxylic acids is 4. The minimum atomic E-state index is -0.609. The van der Waals surface area contributed by atoms with Crippen LogP contribution in [0, 0.1) is 11.3 Å². The van der Waals surface area contributed by atoms with E-state index in [4.69, 9.17) is 9.47 Å². The number of anilines is 1. The Kier molecular flexibility index (Phi) is 8.04. The number of esters is 1. The highest BCUT2D eigenvalue weighted by molar-refractivity contribution is 5.99. The molecule has 1 aliphatic heterocycles. The van der Waals surface area contributed by atoms with Crippen molar-refractivity contribution >= 4 is 29.4 Å². The number of rotatable bonds is 5. The molecule has 1 fully saturated rings. The molecule has 0 spiro atoms. The van der Waals surface area contributed by atoms with E-state index in [0.29, 0.717) is 30.6 Å². The van der Waals surface area contributed by atoms with Crippen LogP contribution in [0.2, 0.25) is 0 Å². The number of ether oxygens (including phenoxy) is 2. The quantitative estimate of drug-likeness (QED) is 0.541. The fourth-order valence-corrected chi connectivity index (χ4v) is 3.06. The van der Waals surface area contributed by atoms with Crippen molar-refractivity contribution < 1.29 is 28.7 Å². The standard InChI is InChI=1S/C24H34N2O6/c1-23(2,3)21(29)25-18-11-9-16(10-12-18)19(27)15-31-20(28)17-8-7-13-26(14-17)22(30)32-24(4,5)6/h9-12,17H,7-8,13-15H2,1-6H3,(H,25,29). The molecular formula is C24H34N2O6. The van der Waals surface area contributed by atoms with E-state index in [1.165, 1.54) is 4.90 Å². The van der Waals surface area contributed by atoms with Crippen LogP contribution in [0.4, 0.5) is 10.5 Å². The fraction of sp³-hybridized carbons (Fsp3) is 0.583.